The molecule has 1 aliphatic heterocycles. The maximum Gasteiger partial charge on any atom is 0.246 e. The lowest BCUT2D eigenvalue weighted by Crippen LogP contribution is -2.43. The van der Waals surface area contributed by atoms with Gasteiger partial charge in [-0.2, -0.15) is 0 Å². The molecular weight excluding hydrogens is 292 g/mol. The fraction of sp³-hybridized carbons (Fsp3) is 0.556. The Morgan fingerprint density at radius 3 is 2.87 bits per heavy atom. The van der Waals surface area contributed by atoms with E-state index in [2.05, 4.69) is 5.32 Å². The number of rotatable bonds is 5. The van der Waals surface area contributed by atoms with E-state index in [0.29, 0.717) is 24.8 Å². The number of likely N-dealkylation sites (tertiary alicyclic amines) is 1. The van der Waals surface area contributed by atoms with E-state index >= 15 is 0 Å². The molecule has 1 atom stereocenters. The number of piperidine rings is 1. The average Bonchev–Trinajstić information content (AvgIpc) is 2.96. The molecule has 5 heteroatoms. The second kappa shape index (κ2) is 7.99. The van der Waals surface area contributed by atoms with Gasteiger partial charge in [0.15, 0.2) is 0 Å². The summed E-state index contributed by atoms with van der Waals surface area (Å²) in [6.07, 6.45) is 5.29. The van der Waals surface area contributed by atoms with Gasteiger partial charge in [0.05, 0.1) is 0 Å². The molecule has 126 valence electrons. The Kier molecular flexibility index (Phi) is 6.02. The van der Waals surface area contributed by atoms with E-state index in [1.165, 1.54) is 0 Å². The van der Waals surface area contributed by atoms with E-state index in [0.717, 1.165) is 25.1 Å². The zero-order valence-corrected chi connectivity index (χ0v) is 14.2. The molecule has 2 heterocycles. The van der Waals surface area contributed by atoms with Gasteiger partial charge in [-0.25, -0.2) is 0 Å². The van der Waals surface area contributed by atoms with Crippen molar-refractivity contribution in [2.24, 2.45) is 11.8 Å². The number of carbonyl (C=O) groups excluding carboxylic acids is 2. The van der Waals surface area contributed by atoms with Crippen molar-refractivity contribution < 1.29 is 14.0 Å². The topological polar surface area (TPSA) is 62.6 Å². The summed E-state index contributed by atoms with van der Waals surface area (Å²) in [6.45, 7) is 7.75. The molecule has 5 nitrogen and oxygen atoms in total. The quantitative estimate of drug-likeness (QED) is 0.849. The number of aryl methyl sites for hydroxylation is 1. The van der Waals surface area contributed by atoms with E-state index < -0.39 is 0 Å². The lowest BCUT2D eigenvalue weighted by molar-refractivity contribution is -0.127. The molecule has 1 N–H and O–H groups in total. The number of amides is 2. The summed E-state index contributed by atoms with van der Waals surface area (Å²) in [5.74, 6) is 1.91. The van der Waals surface area contributed by atoms with Gasteiger partial charge in [0, 0.05) is 31.6 Å². The summed E-state index contributed by atoms with van der Waals surface area (Å²) in [4.78, 5) is 25.8. The van der Waals surface area contributed by atoms with E-state index in [4.69, 9.17) is 4.42 Å². The van der Waals surface area contributed by atoms with Gasteiger partial charge in [-0.15, -0.1) is 0 Å². The van der Waals surface area contributed by atoms with Gasteiger partial charge in [-0.05, 0) is 43.9 Å². The predicted molar refractivity (Wildman–Crippen MR) is 89.6 cm³/mol. The summed E-state index contributed by atoms with van der Waals surface area (Å²) in [5.41, 5.74) is 0. The molecule has 2 amide bonds. The van der Waals surface area contributed by atoms with Gasteiger partial charge < -0.3 is 14.6 Å². The molecular formula is C18H26N2O3. The molecule has 0 saturated carbocycles. The van der Waals surface area contributed by atoms with Crippen molar-refractivity contribution in [1.82, 2.24) is 10.2 Å². The lowest BCUT2D eigenvalue weighted by Gasteiger charge is -2.32. The first-order valence-electron chi connectivity index (χ1n) is 8.27. The first-order chi connectivity index (χ1) is 11.0. The van der Waals surface area contributed by atoms with E-state index in [1.54, 1.807) is 12.2 Å². The van der Waals surface area contributed by atoms with E-state index in [9.17, 15) is 9.59 Å². The predicted octanol–water partition coefficient (Wildman–Crippen LogP) is 2.61. The monoisotopic (exact) mass is 318 g/mol. The molecule has 0 radical (unpaired) electrons. The van der Waals surface area contributed by atoms with Gasteiger partial charge in [-0.1, -0.05) is 13.8 Å². The molecule has 0 aliphatic carbocycles. The van der Waals surface area contributed by atoms with Crippen molar-refractivity contribution in [2.45, 2.75) is 33.6 Å². The van der Waals surface area contributed by atoms with Crippen LogP contribution < -0.4 is 5.32 Å². The Bertz CT molecular complexity index is 575. The maximum atomic E-state index is 12.3. The van der Waals surface area contributed by atoms with Crippen molar-refractivity contribution in [2.75, 3.05) is 19.6 Å². The third-order valence-electron chi connectivity index (χ3n) is 4.07. The second-order valence-electron chi connectivity index (χ2n) is 6.47. The number of hydrogen-bond donors (Lipinski definition) is 1. The Hall–Kier alpha value is -2.04. The Balaban J connectivity index is 1.84. The van der Waals surface area contributed by atoms with Crippen molar-refractivity contribution >= 4 is 17.9 Å². The number of nitrogens with zero attached hydrogens (tertiary/aromatic N) is 1. The van der Waals surface area contributed by atoms with Gasteiger partial charge in [-0.3, -0.25) is 9.59 Å². The van der Waals surface area contributed by atoms with Crippen LogP contribution in [0.2, 0.25) is 0 Å². The number of hydrogen-bond acceptors (Lipinski definition) is 3. The summed E-state index contributed by atoms with van der Waals surface area (Å²) in [5, 5.41) is 2.96. The number of nitrogens with one attached hydrogen (secondary N) is 1. The molecule has 0 bridgehead atoms. The summed E-state index contributed by atoms with van der Waals surface area (Å²) in [6, 6.07) is 3.72. The second-order valence-corrected chi connectivity index (χ2v) is 6.47. The van der Waals surface area contributed by atoms with Crippen LogP contribution in [0.25, 0.3) is 6.08 Å². The Morgan fingerprint density at radius 2 is 2.22 bits per heavy atom. The highest BCUT2D eigenvalue weighted by Gasteiger charge is 2.23. The Morgan fingerprint density at radius 1 is 1.43 bits per heavy atom. The molecule has 0 aromatic carbocycles. The minimum absolute atomic E-state index is 0.000982. The van der Waals surface area contributed by atoms with Gasteiger partial charge in [0.25, 0.3) is 0 Å². The molecule has 1 aliphatic rings. The molecule has 1 aromatic rings. The number of carbonyl (C=O) groups is 2. The van der Waals surface area contributed by atoms with Crippen LogP contribution in [0.3, 0.4) is 0 Å². The standard InChI is InChI=1S/C18H26N2O3/c1-13(2)18(22)19-11-15-5-4-10-20(12-15)17(21)9-8-16-7-6-14(3)23-16/h6-9,13,15H,4-5,10-12H2,1-3H3,(H,19,22)/b9-8-/t15-/m0/s1. The molecule has 1 aromatic heterocycles. The van der Waals surface area contributed by atoms with Crippen LogP contribution in [0.5, 0.6) is 0 Å². The van der Waals surface area contributed by atoms with E-state index in [-0.39, 0.29) is 17.7 Å². The zero-order chi connectivity index (χ0) is 16.8. The SMILES string of the molecule is Cc1ccc(/C=C\C(=O)N2CCC[C@@H](CNC(=O)C(C)C)C2)o1. The van der Waals surface area contributed by atoms with Crippen LogP contribution in [0.15, 0.2) is 22.6 Å². The minimum atomic E-state index is -0.00369. The van der Waals surface area contributed by atoms with Crippen molar-refractivity contribution in [3.05, 3.63) is 29.7 Å². The summed E-state index contributed by atoms with van der Waals surface area (Å²) in [7, 11) is 0. The van der Waals surface area contributed by atoms with Crippen LogP contribution in [-0.4, -0.2) is 36.3 Å². The fourth-order valence-corrected chi connectivity index (χ4v) is 2.68. The lowest BCUT2D eigenvalue weighted by atomic mass is 9.97. The highest BCUT2D eigenvalue weighted by Crippen LogP contribution is 2.17. The smallest absolute Gasteiger partial charge is 0.246 e. The van der Waals surface area contributed by atoms with Crippen LogP contribution in [-0.2, 0) is 9.59 Å². The van der Waals surface area contributed by atoms with Crippen molar-refractivity contribution in [3.63, 3.8) is 0 Å². The molecule has 1 saturated heterocycles. The maximum absolute atomic E-state index is 12.3. The zero-order valence-electron chi connectivity index (χ0n) is 14.2. The highest BCUT2D eigenvalue weighted by atomic mass is 16.3. The van der Waals surface area contributed by atoms with Gasteiger partial charge in [0.1, 0.15) is 11.5 Å². The molecule has 0 spiro atoms. The van der Waals surface area contributed by atoms with E-state index in [1.807, 2.05) is 37.8 Å². The fourth-order valence-electron chi connectivity index (χ4n) is 2.68. The average molecular weight is 318 g/mol. The molecule has 0 unspecified atom stereocenters. The summed E-state index contributed by atoms with van der Waals surface area (Å²) < 4.78 is 5.42. The minimum Gasteiger partial charge on any atom is -0.462 e. The van der Waals surface area contributed by atoms with Crippen molar-refractivity contribution in [3.8, 4) is 0 Å². The third-order valence-corrected chi connectivity index (χ3v) is 4.07. The van der Waals surface area contributed by atoms with Crippen LogP contribution in [0, 0.1) is 18.8 Å². The third kappa shape index (κ3) is 5.27. The van der Waals surface area contributed by atoms with Crippen molar-refractivity contribution in [1.29, 1.82) is 0 Å². The Labute approximate surface area is 137 Å². The van der Waals surface area contributed by atoms with Crippen LogP contribution in [0.4, 0.5) is 0 Å². The first-order valence-corrected chi connectivity index (χ1v) is 8.27. The summed E-state index contributed by atoms with van der Waals surface area (Å²) >= 11 is 0. The first kappa shape index (κ1) is 17.3. The normalized spacial score (nSPS) is 18.6. The largest absolute Gasteiger partial charge is 0.462 e. The van der Waals surface area contributed by atoms with Gasteiger partial charge >= 0.3 is 0 Å². The highest BCUT2D eigenvalue weighted by molar-refractivity contribution is 5.91. The molecule has 2 rings (SSSR count). The number of furan rings is 1. The molecule has 1 fully saturated rings. The molecule has 23 heavy (non-hydrogen) atoms. The van der Waals surface area contributed by atoms with Crippen LogP contribution >= 0.6 is 0 Å². The van der Waals surface area contributed by atoms with Crippen LogP contribution in [0.1, 0.15) is 38.2 Å². The van der Waals surface area contributed by atoms with Gasteiger partial charge in [0.2, 0.25) is 11.8 Å².